The molecule has 0 aliphatic rings. The van der Waals surface area contributed by atoms with E-state index in [0.717, 1.165) is 15.1 Å². The normalized spacial score (nSPS) is 12.3. The van der Waals surface area contributed by atoms with Gasteiger partial charge in [0.15, 0.2) is 17.1 Å². The molecule has 5 nitrogen and oxygen atoms in total. The number of thiophene rings is 1. The number of furan rings is 1. The highest BCUT2D eigenvalue weighted by Gasteiger charge is 2.14. The summed E-state index contributed by atoms with van der Waals surface area (Å²) in [6.45, 7) is 2.25. The monoisotopic (exact) mass is 345 g/mol. The number of ether oxygens (including phenoxy) is 1. The fourth-order valence-electron chi connectivity index (χ4n) is 2.45. The molecule has 3 aromatic rings. The maximum atomic E-state index is 12.2. The van der Waals surface area contributed by atoms with Gasteiger partial charge in [-0.15, -0.1) is 11.3 Å². The second-order valence-electron chi connectivity index (χ2n) is 5.48. The van der Waals surface area contributed by atoms with Crippen molar-refractivity contribution in [1.82, 2.24) is 5.32 Å². The first-order chi connectivity index (χ1) is 11.6. The van der Waals surface area contributed by atoms with Gasteiger partial charge in [-0.3, -0.25) is 4.79 Å². The van der Waals surface area contributed by atoms with E-state index in [2.05, 4.69) is 5.32 Å². The van der Waals surface area contributed by atoms with E-state index in [1.165, 1.54) is 0 Å². The molecule has 0 saturated carbocycles. The molecule has 3 rings (SSSR count). The van der Waals surface area contributed by atoms with Crippen LogP contribution in [0.1, 0.15) is 33.3 Å². The Balaban J connectivity index is 1.62. The number of amides is 1. The Kier molecular flexibility index (Phi) is 4.87. The fraction of sp³-hybridized carbons (Fsp3) is 0.278. The second kappa shape index (κ2) is 7.07. The van der Waals surface area contributed by atoms with Crippen molar-refractivity contribution in [3.05, 3.63) is 51.9 Å². The lowest BCUT2D eigenvalue weighted by molar-refractivity contribution is 0.0928. The summed E-state index contributed by atoms with van der Waals surface area (Å²) < 4.78 is 10.9. The molecule has 6 heteroatoms. The van der Waals surface area contributed by atoms with Crippen LogP contribution in [-0.4, -0.2) is 24.7 Å². The van der Waals surface area contributed by atoms with Crippen molar-refractivity contribution >= 4 is 28.2 Å². The maximum Gasteiger partial charge on any atom is 0.287 e. The summed E-state index contributed by atoms with van der Waals surface area (Å²) >= 11 is 1.56. The minimum absolute atomic E-state index is 0.249. The number of carbonyl (C=O) groups is 1. The molecule has 1 atom stereocenters. The molecule has 0 fully saturated rings. The van der Waals surface area contributed by atoms with E-state index in [4.69, 9.17) is 9.15 Å². The Bertz CT molecular complexity index is 850. The van der Waals surface area contributed by atoms with Gasteiger partial charge in [0.1, 0.15) is 0 Å². The number of carbonyl (C=O) groups excluding carboxylic acids is 1. The standard InChI is InChI=1S/C18H19NO4S/c1-11(20)16-7-6-13(24-16)8-9-19-18(21)15-10-12-4-3-5-14(22-2)17(12)23-15/h3-7,10-11,20H,8-9H2,1-2H3,(H,19,21). The molecular weight excluding hydrogens is 326 g/mol. The zero-order valence-electron chi connectivity index (χ0n) is 13.5. The first kappa shape index (κ1) is 16.5. The molecule has 2 heterocycles. The second-order valence-corrected chi connectivity index (χ2v) is 6.68. The lowest BCUT2D eigenvalue weighted by atomic mass is 10.2. The van der Waals surface area contributed by atoms with Gasteiger partial charge in [-0.2, -0.15) is 0 Å². The Morgan fingerprint density at radius 3 is 2.92 bits per heavy atom. The van der Waals surface area contributed by atoms with Gasteiger partial charge in [-0.1, -0.05) is 12.1 Å². The van der Waals surface area contributed by atoms with Crippen molar-refractivity contribution < 1.29 is 19.1 Å². The van der Waals surface area contributed by atoms with Gasteiger partial charge < -0.3 is 19.6 Å². The summed E-state index contributed by atoms with van der Waals surface area (Å²) in [7, 11) is 1.57. The van der Waals surface area contributed by atoms with Crippen molar-refractivity contribution in [1.29, 1.82) is 0 Å². The topological polar surface area (TPSA) is 71.7 Å². The van der Waals surface area contributed by atoms with Crippen molar-refractivity contribution in [2.24, 2.45) is 0 Å². The van der Waals surface area contributed by atoms with Gasteiger partial charge in [0, 0.05) is 21.7 Å². The van der Waals surface area contributed by atoms with Crippen molar-refractivity contribution in [2.75, 3.05) is 13.7 Å². The van der Waals surface area contributed by atoms with Gasteiger partial charge in [-0.05, 0) is 37.6 Å². The van der Waals surface area contributed by atoms with Crippen LogP contribution in [0.25, 0.3) is 11.0 Å². The van der Waals surface area contributed by atoms with Crippen LogP contribution in [-0.2, 0) is 6.42 Å². The van der Waals surface area contributed by atoms with Crippen LogP contribution >= 0.6 is 11.3 Å². The predicted octanol–water partition coefficient (Wildman–Crippen LogP) is 3.53. The molecule has 1 aromatic carbocycles. The van der Waals surface area contributed by atoms with Crippen LogP contribution < -0.4 is 10.1 Å². The quantitative estimate of drug-likeness (QED) is 0.717. The summed E-state index contributed by atoms with van der Waals surface area (Å²) in [5.74, 6) is 0.627. The number of rotatable bonds is 6. The summed E-state index contributed by atoms with van der Waals surface area (Å²) in [5, 5.41) is 13.2. The first-order valence-corrected chi connectivity index (χ1v) is 8.51. The van der Waals surface area contributed by atoms with Crippen LogP contribution in [0.15, 0.2) is 40.8 Å². The van der Waals surface area contributed by atoms with Gasteiger partial charge >= 0.3 is 0 Å². The largest absolute Gasteiger partial charge is 0.493 e. The van der Waals surface area contributed by atoms with E-state index in [9.17, 15) is 9.90 Å². The van der Waals surface area contributed by atoms with E-state index in [1.54, 1.807) is 37.5 Å². The average Bonchev–Trinajstić information content (AvgIpc) is 3.21. The molecule has 0 radical (unpaired) electrons. The highest BCUT2D eigenvalue weighted by Crippen LogP contribution is 2.28. The molecule has 0 saturated heterocycles. The van der Waals surface area contributed by atoms with Crippen LogP contribution in [0.2, 0.25) is 0 Å². The molecule has 2 N–H and O–H groups in total. The third-order valence-corrected chi connectivity index (χ3v) is 5.02. The van der Waals surface area contributed by atoms with Crippen LogP contribution in [0.3, 0.4) is 0 Å². The van der Waals surface area contributed by atoms with Crippen LogP contribution in [0.4, 0.5) is 0 Å². The Hall–Kier alpha value is -2.31. The minimum atomic E-state index is -0.455. The summed E-state index contributed by atoms with van der Waals surface area (Å²) in [5.41, 5.74) is 0.574. The zero-order valence-corrected chi connectivity index (χ0v) is 14.4. The lowest BCUT2D eigenvalue weighted by Gasteiger charge is -2.02. The first-order valence-electron chi connectivity index (χ1n) is 7.70. The van der Waals surface area contributed by atoms with Crippen LogP contribution in [0.5, 0.6) is 5.75 Å². The smallest absolute Gasteiger partial charge is 0.287 e. The maximum absolute atomic E-state index is 12.2. The number of fused-ring (bicyclic) bond motifs is 1. The van der Waals surface area contributed by atoms with E-state index in [0.29, 0.717) is 24.3 Å². The number of hydrogen-bond donors (Lipinski definition) is 2. The van der Waals surface area contributed by atoms with E-state index in [1.807, 2.05) is 24.3 Å². The minimum Gasteiger partial charge on any atom is -0.493 e. The molecule has 1 amide bonds. The number of nitrogens with one attached hydrogen (secondary N) is 1. The van der Waals surface area contributed by atoms with Gasteiger partial charge in [-0.25, -0.2) is 0 Å². The number of hydrogen-bond acceptors (Lipinski definition) is 5. The number of aliphatic hydroxyl groups is 1. The SMILES string of the molecule is COc1cccc2cc(C(=O)NCCc3ccc(C(C)O)s3)oc12. The predicted molar refractivity (Wildman–Crippen MR) is 93.8 cm³/mol. The third-order valence-electron chi connectivity index (χ3n) is 3.70. The molecule has 0 aliphatic carbocycles. The van der Waals surface area contributed by atoms with Crippen molar-refractivity contribution in [3.63, 3.8) is 0 Å². The highest BCUT2D eigenvalue weighted by atomic mass is 32.1. The summed E-state index contributed by atoms with van der Waals surface area (Å²) in [4.78, 5) is 14.3. The Morgan fingerprint density at radius 2 is 2.21 bits per heavy atom. The highest BCUT2D eigenvalue weighted by molar-refractivity contribution is 7.12. The molecule has 1 unspecified atom stereocenters. The third kappa shape index (κ3) is 3.44. The molecule has 0 spiro atoms. The van der Waals surface area contributed by atoms with Crippen molar-refractivity contribution in [2.45, 2.75) is 19.4 Å². The number of para-hydroxylation sites is 1. The molecular formula is C18H19NO4S. The van der Waals surface area contributed by atoms with E-state index in [-0.39, 0.29) is 11.7 Å². The van der Waals surface area contributed by atoms with Crippen LogP contribution in [0, 0.1) is 0 Å². The van der Waals surface area contributed by atoms with E-state index >= 15 is 0 Å². The molecule has 0 aliphatic heterocycles. The number of methoxy groups -OCH3 is 1. The Labute approximate surface area is 143 Å². The van der Waals surface area contributed by atoms with Gasteiger partial charge in [0.2, 0.25) is 0 Å². The van der Waals surface area contributed by atoms with Gasteiger partial charge in [0.05, 0.1) is 13.2 Å². The molecule has 126 valence electrons. The molecule has 24 heavy (non-hydrogen) atoms. The zero-order chi connectivity index (χ0) is 17.1. The lowest BCUT2D eigenvalue weighted by Crippen LogP contribution is -2.25. The average molecular weight is 345 g/mol. The molecule has 2 aromatic heterocycles. The number of benzene rings is 1. The summed E-state index contributed by atoms with van der Waals surface area (Å²) in [6.07, 6.45) is 0.260. The van der Waals surface area contributed by atoms with Crippen molar-refractivity contribution in [3.8, 4) is 5.75 Å². The fourth-order valence-corrected chi connectivity index (χ4v) is 3.40. The van der Waals surface area contributed by atoms with E-state index < -0.39 is 6.10 Å². The number of aliphatic hydroxyl groups excluding tert-OH is 1. The Morgan fingerprint density at radius 1 is 1.38 bits per heavy atom. The molecule has 0 bridgehead atoms. The summed E-state index contributed by atoms with van der Waals surface area (Å²) in [6, 6.07) is 11.1. The van der Waals surface area contributed by atoms with Gasteiger partial charge in [0.25, 0.3) is 5.91 Å².